The summed E-state index contributed by atoms with van der Waals surface area (Å²) in [7, 11) is 0. The molecule has 3 nitrogen and oxygen atoms in total. The number of carbonyl (C=O) groups excluding carboxylic acids is 1. The lowest BCUT2D eigenvalue weighted by Gasteiger charge is -2.11. The molecule has 2 rings (SSSR count). The molecule has 1 aromatic heterocycles. The zero-order valence-corrected chi connectivity index (χ0v) is 13.0. The van der Waals surface area contributed by atoms with Crippen molar-refractivity contribution >= 4 is 35.3 Å². The second kappa shape index (κ2) is 8.04. The van der Waals surface area contributed by atoms with E-state index in [1.807, 2.05) is 42.6 Å². The second-order valence-corrected chi connectivity index (χ2v) is 5.39. The largest absolute Gasteiger partial charge is 0.325 e. The first kappa shape index (κ1) is 16.7. The molecule has 0 saturated carbocycles. The number of hydrogen-bond donors (Lipinski definition) is 2. The Balaban J connectivity index is 0.00000200. The van der Waals surface area contributed by atoms with Gasteiger partial charge in [0.15, 0.2) is 0 Å². The summed E-state index contributed by atoms with van der Waals surface area (Å²) in [6.45, 7) is 2.02. The van der Waals surface area contributed by atoms with E-state index in [9.17, 15) is 4.79 Å². The molecule has 0 aliphatic carbocycles. The van der Waals surface area contributed by atoms with Crippen molar-refractivity contribution in [3.05, 3.63) is 41.8 Å². The molecule has 5 heteroatoms. The van der Waals surface area contributed by atoms with Gasteiger partial charge in [0.05, 0.1) is 6.04 Å². The van der Waals surface area contributed by atoms with Crippen LogP contribution in [0.25, 0.3) is 10.4 Å². The lowest BCUT2D eigenvalue weighted by Crippen LogP contribution is -2.35. The predicted molar refractivity (Wildman–Crippen MR) is 88.5 cm³/mol. The van der Waals surface area contributed by atoms with Crippen LogP contribution in [0.2, 0.25) is 0 Å². The van der Waals surface area contributed by atoms with E-state index >= 15 is 0 Å². The van der Waals surface area contributed by atoms with E-state index in [0.717, 1.165) is 17.7 Å². The Bertz CT molecular complexity index is 543. The Kier molecular flexibility index (Phi) is 6.71. The third kappa shape index (κ3) is 4.34. The Hall–Kier alpha value is -1.36. The first-order valence-corrected chi connectivity index (χ1v) is 7.29. The Morgan fingerprint density at radius 1 is 1.35 bits per heavy atom. The molecule has 20 heavy (non-hydrogen) atoms. The topological polar surface area (TPSA) is 55.1 Å². The highest BCUT2D eigenvalue weighted by Gasteiger charge is 2.12. The smallest absolute Gasteiger partial charge is 0.241 e. The molecule has 2 aromatic rings. The lowest BCUT2D eigenvalue weighted by molar-refractivity contribution is -0.117. The van der Waals surface area contributed by atoms with E-state index in [-0.39, 0.29) is 18.3 Å². The number of thiophene rings is 1. The Morgan fingerprint density at radius 3 is 2.80 bits per heavy atom. The third-order valence-corrected chi connectivity index (χ3v) is 3.79. The van der Waals surface area contributed by atoms with Crippen LogP contribution in [0.5, 0.6) is 0 Å². The summed E-state index contributed by atoms with van der Waals surface area (Å²) < 4.78 is 0. The van der Waals surface area contributed by atoms with Crippen LogP contribution in [-0.2, 0) is 4.79 Å². The molecule has 108 valence electrons. The molecule has 1 amide bonds. The van der Waals surface area contributed by atoms with Crippen molar-refractivity contribution < 1.29 is 4.79 Å². The van der Waals surface area contributed by atoms with Crippen LogP contribution in [0.4, 0.5) is 5.69 Å². The number of carbonyl (C=O) groups is 1. The van der Waals surface area contributed by atoms with Crippen LogP contribution in [0.1, 0.15) is 19.8 Å². The van der Waals surface area contributed by atoms with Crippen LogP contribution >= 0.6 is 23.7 Å². The molecule has 0 aliphatic heterocycles. The normalized spacial score (nSPS) is 11.5. The average Bonchev–Trinajstić information content (AvgIpc) is 2.93. The lowest BCUT2D eigenvalue weighted by atomic mass is 10.1. The molecule has 3 N–H and O–H groups in total. The number of hydrogen-bond acceptors (Lipinski definition) is 3. The van der Waals surface area contributed by atoms with E-state index in [2.05, 4.69) is 11.4 Å². The summed E-state index contributed by atoms with van der Waals surface area (Å²) in [6, 6.07) is 11.5. The van der Waals surface area contributed by atoms with Crippen LogP contribution < -0.4 is 11.1 Å². The highest BCUT2D eigenvalue weighted by atomic mass is 35.5. The van der Waals surface area contributed by atoms with Crippen molar-refractivity contribution in [2.45, 2.75) is 25.8 Å². The molecule has 0 radical (unpaired) electrons. The molecule has 0 fully saturated rings. The van der Waals surface area contributed by atoms with Crippen molar-refractivity contribution in [1.82, 2.24) is 0 Å². The summed E-state index contributed by atoms with van der Waals surface area (Å²) >= 11 is 1.68. The molecule has 1 aromatic carbocycles. The third-order valence-electron chi connectivity index (χ3n) is 2.87. The fraction of sp³-hybridized carbons (Fsp3) is 0.267. The zero-order chi connectivity index (χ0) is 13.7. The molecule has 1 heterocycles. The maximum absolute atomic E-state index is 11.9. The predicted octanol–water partition coefficient (Wildman–Crippen LogP) is 3.90. The molecule has 0 saturated heterocycles. The first-order chi connectivity index (χ1) is 9.20. The van der Waals surface area contributed by atoms with Gasteiger partial charge in [0.25, 0.3) is 0 Å². The summed E-state index contributed by atoms with van der Waals surface area (Å²) in [4.78, 5) is 13.1. The van der Waals surface area contributed by atoms with Gasteiger partial charge in [-0.05, 0) is 35.6 Å². The van der Waals surface area contributed by atoms with Gasteiger partial charge < -0.3 is 11.1 Å². The van der Waals surface area contributed by atoms with Crippen molar-refractivity contribution in [3.63, 3.8) is 0 Å². The second-order valence-electron chi connectivity index (χ2n) is 4.44. The SMILES string of the molecule is CCCC(N)C(=O)Nc1cccc(-c2cccs2)c1.Cl. The maximum atomic E-state index is 11.9. The maximum Gasteiger partial charge on any atom is 0.241 e. The number of nitrogens with two attached hydrogens (primary N) is 1. The van der Waals surface area contributed by atoms with Gasteiger partial charge in [0, 0.05) is 10.6 Å². The summed E-state index contributed by atoms with van der Waals surface area (Å²) in [6.07, 6.45) is 1.61. The van der Waals surface area contributed by atoms with E-state index < -0.39 is 6.04 Å². The van der Waals surface area contributed by atoms with Crippen molar-refractivity contribution in [2.24, 2.45) is 5.73 Å². The van der Waals surface area contributed by atoms with Gasteiger partial charge >= 0.3 is 0 Å². The fourth-order valence-electron chi connectivity index (χ4n) is 1.87. The Morgan fingerprint density at radius 2 is 2.15 bits per heavy atom. The van der Waals surface area contributed by atoms with Gasteiger partial charge in [-0.3, -0.25) is 4.79 Å². The quantitative estimate of drug-likeness (QED) is 0.880. The van der Waals surface area contributed by atoms with Crippen molar-refractivity contribution in [1.29, 1.82) is 0 Å². The highest BCUT2D eigenvalue weighted by molar-refractivity contribution is 7.13. The van der Waals surface area contributed by atoms with Crippen LogP contribution in [0.15, 0.2) is 41.8 Å². The number of amides is 1. The molecular weight excluding hydrogens is 292 g/mol. The van der Waals surface area contributed by atoms with Gasteiger partial charge in [-0.2, -0.15) is 0 Å². The molecule has 0 bridgehead atoms. The Labute approximate surface area is 129 Å². The molecular formula is C15H19ClN2OS. The van der Waals surface area contributed by atoms with E-state index in [4.69, 9.17) is 5.73 Å². The van der Waals surface area contributed by atoms with Crippen molar-refractivity contribution in [3.8, 4) is 10.4 Å². The molecule has 1 atom stereocenters. The van der Waals surface area contributed by atoms with Crippen LogP contribution in [-0.4, -0.2) is 11.9 Å². The number of halogens is 1. The fourth-order valence-corrected chi connectivity index (χ4v) is 2.59. The van der Waals surface area contributed by atoms with Gasteiger partial charge in [-0.25, -0.2) is 0 Å². The van der Waals surface area contributed by atoms with E-state index in [0.29, 0.717) is 6.42 Å². The minimum absolute atomic E-state index is 0. The van der Waals surface area contributed by atoms with Gasteiger partial charge in [-0.1, -0.05) is 31.5 Å². The number of anilines is 1. The first-order valence-electron chi connectivity index (χ1n) is 6.41. The van der Waals surface area contributed by atoms with Crippen LogP contribution in [0, 0.1) is 0 Å². The molecule has 0 spiro atoms. The molecule has 0 aliphatic rings. The summed E-state index contributed by atoms with van der Waals surface area (Å²) in [5.41, 5.74) is 7.70. The number of rotatable bonds is 5. The number of benzene rings is 1. The van der Waals surface area contributed by atoms with E-state index in [1.54, 1.807) is 11.3 Å². The zero-order valence-electron chi connectivity index (χ0n) is 11.3. The van der Waals surface area contributed by atoms with Gasteiger partial charge in [-0.15, -0.1) is 23.7 Å². The summed E-state index contributed by atoms with van der Waals surface area (Å²) in [5.74, 6) is -0.120. The average molecular weight is 311 g/mol. The standard InChI is InChI=1S/C15H18N2OS.ClH/c1-2-5-13(16)15(18)17-12-7-3-6-11(10-12)14-8-4-9-19-14;/h3-4,6-10,13H,2,5,16H2,1H3,(H,17,18);1H. The van der Waals surface area contributed by atoms with Crippen molar-refractivity contribution in [2.75, 3.05) is 5.32 Å². The van der Waals surface area contributed by atoms with E-state index in [1.165, 1.54) is 4.88 Å². The number of nitrogens with one attached hydrogen (secondary N) is 1. The van der Waals surface area contributed by atoms with Crippen LogP contribution in [0.3, 0.4) is 0 Å². The minimum Gasteiger partial charge on any atom is -0.325 e. The minimum atomic E-state index is -0.435. The monoisotopic (exact) mass is 310 g/mol. The van der Waals surface area contributed by atoms with Gasteiger partial charge in [0.2, 0.25) is 5.91 Å². The highest BCUT2D eigenvalue weighted by Crippen LogP contribution is 2.26. The summed E-state index contributed by atoms with van der Waals surface area (Å²) in [5, 5.41) is 4.91. The molecule has 1 unspecified atom stereocenters. The van der Waals surface area contributed by atoms with Gasteiger partial charge in [0.1, 0.15) is 0 Å².